The van der Waals surface area contributed by atoms with Crippen molar-refractivity contribution < 1.29 is 19.2 Å². The van der Waals surface area contributed by atoms with Crippen LogP contribution in [0.4, 0.5) is 0 Å². The molecule has 1 aliphatic rings. The average molecular weight is 474 g/mol. The van der Waals surface area contributed by atoms with Gasteiger partial charge in [0.2, 0.25) is 11.8 Å². The number of hydrogen-bond acceptors (Lipinski definition) is 9. The SMILES string of the molecule is C.CC(=O)C(N)CS.CC(=O)N1CCSSCC1.CC(=O)NC(CS)C(C)=O. The van der Waals surface area contributed by atoms with Crippen LogP contribution in [0, 0.1) is 0 Å². The molecule has 2 unspecified atom stereocenters. The van der Waals surface area contributed by atoms with E-state index >= 15 is 0 Å². The molecule has 1 fully saturated rings. The van der Waals surface area contributed by atoms with Crippen molar-refractivity contribution in [2.45, 2.75) is 47.2 Å². The van der Waals surface area contributed by atoms with E-state index in [1.54, 1.807) is 6.92 Å². The van der Waals surface area contributed by atoms with Crippen molar-refractivity contribution in [3.63, 3.8) is 0 Å². The van der Waals surface area contributed by atoms with Crippen molar-refractivity contribution in [1.29, 1.82) is 0 Å². The van der Waals surface area contributed by atoms with E-state index in [0.717, 1.165) is 24.6 Å². The van der Waals surface area contributed by atoms with E-state index in [2.05, 4.69) is 30.6 Å². The van der Waals surface area contributed by atoms with Crippen molar-refractivity contribution in [3.8, 4) is 0 Å². The van der Waals surface area contributed by atoms with Crippen LogP contribution in [0.25, 0.3) is 0 Å². The minimum Gasteiger partial charge on any atom is -0.346 e. The number of ketones is 2. The molecule has 0 radical (unpaired) electrons. The van der Waals surface area contributed by atoms with Crippen LogP contribution in [-0.2, 0) is 19.2 Å². The average Bonchev–Trinajstić information content (AvgIpc) is 2.89. The molecule has 2 atom stereocenters. The van der Waals surface area contributed by atoms with Crippen LogP contribution in [0.3, 0.4) is 0 Å². The van der Waals surface area contributed by atoms with Crippen LogP contribution >= 0.6 is 46.8 Å². The molecule has 0 bridgehead atoms. The van der Waals surface area contributed by atoms with Gasteiger partial charge in [-0.1, -0.05) is 29.0 Å². The Morgan fingerprint density at radius 1 is 0.964 bits per heavy atom. The van der Waals surface area contributed by atoms with Crippen LogP contribution in [0.2, 0.25) is 0 Å². The number of thiol groups is 2. The minimum absolute atomic E-state index is 0. The molecular formula is C17H35N3O4S4. The Kier molecular flexibility index (Phi) is 23.0. The largest absolute Gasteiger partial charge is 0.346 e. The Morgan fingerprint density at radius 2 is 1.43 bits per heavy atom. The van der Waals surface area contributed by atoms with Gasteiger partial charge in [0.05, 0.1) is 12.1 Å². The maximum Gasteiger partial charge on any atom is 0.219 e. The molecule has 0 aromatic heterocycles. The number of Topliss-reactive ketones (excluding diaryl/α,β-unsaturated/α-hetero) is 2. The van der Waals surface area contributed by atoms with Crippen LogP contribution in [0.1, 0.15) is 35.1 Å². The number of carbonyl (C=O) groups is 4. The molecule has 166 valence electrons. The smallest absolute Gasteiger partial charge is 0.219 e. The fourth-order valence-corrected chi connectivity index (χ4v) is 4.07. The molecule has 7 nitrogen and oxygen atoms in total. The highest BCUT2D eigenvalue weighted by Crippen LogP contribution is 2.23. The summed E-state index contributed by atoms with van der Waals surface area (Å²) >= 11 is 7.70. The monoisotopic (exact) mass is 473 g/mol. The molecule has 1 aliphatic heterocycles. The number of hydrogen-bond donors (Lipinski definition) is 4. The molecule has 0 spiro atoms. The zero-order valence-electron chi connectivity index (χ0n) is 16.3. The molecule has 0 saturated carbocycles. The third-order valence-corrected chi connectivity index (χ3v) is 6.31. The first-order valence-electron chi connectivity index (χ1n) is 8.31. The van der Waals surface area contributed by atoms with Gasteiger partial charge in [-0.15, -0.1) is 0 Å². The summed E-state index contributed by atoms with van der Waals surface area (Å²) in [4.78, 5) is 44.0. The van der Waals surface area contributed by atoms with Crippen molar-refractivity contribution >= 4 is 70.2 Å². The molecule has 0 aromatic carbocycles. The molecule has 1 saturated heterocycles. The van der Waals surface area contributed by atoms with Gasteiger partial charge in [-0.3, -0.25) is 19.2 Å². The number of rotatable bonds is 5. The Labute approximate surface area is 188 Å². The first kappa shape index (κ1) is 32.3. The predicted octanol–water partition coefficient (Wildman–Crippen LogP) is 1.71. The van der Waals surface area contributed by atoms with Crippen LogP contribution in [0.15, 0.2) is 0 Å². The van der Waals surface area contributed by atoms with E-state index < -0.39 is 6.04 Å². The summed E-state index contributed by atoms with van der Waals surface area (Å²) < 4.78 is 0. The van der Waals surface area contributed by atoms with Gasteiger partial charge in [-0.05, 0) is 13.8 Å². The molecular weight excluding hydrogens is 438 g/mol. The lowest BCUT2D eigenvalue weighted by Crippen LogP contribution is -2.39. The van der Waals surface area contributed by atoms with Gasteiger partial charge in [0, 0.05) is 49.9 Å². The van der Waals surface area contributed by atoms with E-state index in [-0.39, 0.29) is 36.8 Å². The highest BCUT2D eigenvalue weighted by atomic mass is 33.1. The zero-order chi connectivity index (χ0) is 21.4. The first-order chi connectivity index (χ1) is 12.6. The van der Waals surface area contributed by atoms with Gasteiger partial charge in [0.15, 0.2) is 5.78 Å². The summed E-state index contributed by atoms with van der Waals surface area (Å²) in [5.74, 6) is 2.89. The number of nitrogens with one attached hydrogen (secondary N) is 1. The van der Waals surface area contributed by atoms with Crippen molar-refractivity contribution in [2.24, 2.45) is 5.73 Å². The minimum atomic E-state index is -0.430. The summed E-state index contributed by atoms with van der Waals surface area (Å²) in [7, 11) is 3.72. The summed E-state index contributed by atoms with van der Waals surface area (Å²) in [6.07, 6.45) is 0. The molecule has 28 heavy (non-hydrogen) atoms. The fourth-order valence-electron chi connectivity index (χ4n) is 1.49. The summed E-state index contributed by atoms with van der Waals surface area (Å²) in [5.41, 5.74) is 5.19. The maximum absolute atomic E-state index is 10.9. The molecule has 0 aliphatic carbocycles. The fraction of sp³-hybridized carbons (Fsp3) is 0.765. The van der Waals surface area contributed by atoms with Crippen LogP contribution < -0.4 is 11.1 Å². The first-order valence-corrected chi connectivity index (χ1v) is 12.1. The zero-order valence-corrected chi connectivity index (χ0v) is 19.7. The van der Waals surface area contributed by atoms with Crippen molar-refractivity contribution in [1.82, 2.24) is 10.2 Å². The molecule has 1 rings (SSSR count). The van der Waals surface area contributed by atoms with Crippen molar-refractivity contribution in [2.75, 3.05) is 36.1 Å². The normalized spacial score (nSPS) is 15.0. The number of carbonyl (C=O) groups excluding carboxylic acids is 4. The Morgan fingerprint density at radius 3 is 1.61 bits per heavy atom. The maximum atomic E-state index is 10.9. The molecule has 11 heteroatoms. The lowest BCUT2D eigenvalue weighted by atomic mass is 10.2. The number of nitrogens with two attached hydrogens (primary N) is 1. The van der Waals surface area contributed by atoms with Gasteiger partial charge < -0.3 is 16.0 Å². The van der Waals surface area contributed by atoms with Crippen LogP contribution in [0.5, 0.6) is 0 Å². The van der Waals surface area contributed by atoms with Crippen LogP contribution in [-0.4, -0.2) is 76.5 Å². The van der Waals surface area contributed by atoms with Gasteiger partial charge in [-0.2, -0.15) is 25.3 Å². The number of nitrogens with zero attached hydrogens (tertiary/aromatic N) is 1. The Hall–Kier alpha value is -0.360. The van der Waals surface area contributed by atoms with E-state index in [9.17, 15) is 19.2 Å². The quantitative estimate of drug-likeness (QED) is 0.355. The highest BCUT2D eigenvalue weighted by Gasteiger charge is 2.12. The molecule has 2 amide bonds. The second-order valence-corrected chi connectivity index (χ2v) is 9.03. The van der Waals surface area contributed by atoms with E-state index in [1.165, 1.54) is 20.8 Å². The van der Waals surface area contributed by atoms with Gasteiger partial charge in [-0.25, -0.2) is 0 Å². The summed E-state index contributed by atoms with van der Waals surface area (Å²) in [5, 5.41) is 2.46. The van der Waals surface area contributed by atoms with Gasteiger partial charge in [0.1, 0.15) is 5.78 Å². The third-order valence-electron chi connectivity index (χ3n) is 3.19. The van der Waals surface area contributed by atoms with Crippen molar-refractivity contribution in [3.05, 3.63) is 0 Å². The second kappa shape index (κ2) is 19.9. The molecule has 3 N–H and O–H groups in total. The summed E-state index contributed by atoms with van der Waals surface area (Å²) in [6.45, 7) is 7.75. The third kappa shape index (κ3) is 19.0. The van der Waals surface area contributed by atoms with Gasteiger partial charge >= 0.3 is 0 Å². The van der Waals surface area contributed by atoms with Gasteiger partial charge in [0.25, 0.3) is 0 Å². The van der Waals surface area contributed by atoms with E-state index in [4.69, 9.17) is 5.73 Å². The lowest BCUT2D eigenvalue weighted by molar-refractivity contribution is -0.128. The van der Waals surface area contributed by atoms with E-state index in [0.29, 0.717) is 11.5 Å². The highest BCUT2D eigenvalue weighted by molar-refractivity contribution is 8.76. The summed E-state index contributed by atoms with van der Waals surface area (Å²) in [6, 6.07) is -0.802. The topological polar surface area (TPSA) is 110 Å². The number of amides is 2. The molecule has 0 aromatic rings. The Balaban J connectivity index is -0.000000335. The van der Waals surface area contributed by atoms with E-state index in [1.807, 2.05) is 26.5 Å². The second-order valence-electron chi connectivity index (χ2n) is 5.60. The predicted molar refractivity (Wildman–Crippen MR) is 129 cm³/mol. The molecule has 1 heterocycles. The lowest BCUT2D eigenvalue weighted by Gasteiger charge is -2.16. The standard InChI is InChI=1S/C6H11NO2S.C6H11NOS2.C4H9NOS.CH4/c1-4(8)6(3-10)7-5(2)9;1-6(8)7-2-4-9-10-5-3-7;1-3(6)4(5)2-7;/h6,10H,3H2,1-2H3,(H,7,9);2-5H2,1H3;4,7H,2,5H2,1H3;1H4. The Bertz CT molecular complexity index is 473.